The third-order valence-electron chi connectivity index (χ3n) is 3.48. The molecule has 1 fully saturated rings. The lowest BCUT2D eigenvalue weighted by atomic mass is 10.1. The Bertz CT molecular complexity index is 567. The molecule has 5 heteroatoms. The molecule has 1 aromatic rings. The highest BCUT2D eigenvalue weighted by atomic mass is 16.2. The highest BCUT2D eigenvalue weighted by molar-refractivity contribution is 5.99. The van der Waals surface area contributed by atoms with E-state index < -0.39 is 0 Å². The van der Waals surface area contributed by atoms with Crippen molar-refractivity contribution >= 4 is 11.9 Å². The van der Waals surface area contributed by atoms with Crippen molar-refractivity contribution in [2.75, 3.05) is 20.6 Å². The average molecular weight is 301 g/mol. The van der Waals surface area contributed by atoms with Crippen LogP contribution in [0.1, 0.15) is 25.3 Å². The second kappa shape index (κ2) is 7.11. The number of benzene rings is 1. The zero-order chi connectivity index (χ0) is 16.1. The fourth-order valence-corrected chi connectivity index (χ4v) is 2.51. The van der Waals surface area contributed by atoms with Gasteiger partial charge in [-0.15, -0.1) is 0 Å². The zero-order valence-electron chi connectivity index (χ0n) is 13.5. The summed E-state index contributed by atoms with van der Waals surface area (Å²) in [7, 11) is 3.78. The Balaban J connectivity index is 2.30. The van der Waals surface area contributed by atoms with Crippen molar-refractivity contribution in [3.63, 3.8) is 0 Å². The summed E-state index contributed by atoms with van der Waals surface area (Å²) in [5, 5.41) is 0. The quantitative estimate of drug-likeness (QED) is 0.840. The van der Waals surface area contributed by atoms with E-state index in [1.54, 1.807) is 4.90 Å². The fourth-order valence-electron chi connectivity index (χ4n) is 2.51. The van der Waals surface area contributed by atoms with Crippen LogP contribution in [0.4, 0.5) is 4.79 Å². The van der Waals surface area contributed by atoms with Crippen LogP contribution in [-0.2, 0) is 11.3 Å². The van der Waals surface area contributed by atoms with Gasteiger partial charge in [-0.3, -0.25) is 14.6 Å². The van der Waals surface area contributed by atoms with Gasteiger partial charge in [-0.1, -0.05) is 37.3 Å². The van der Waals surface area contributed by atoms with Gasteiger partial charge in [0.05, 0.1) is 13.0 Å². The van der Waals surface area contributed by atoms with Crippen LogP contribution in [0.3, 0.4) is 0 Å². The van der Waals surface area contributed by atoms with E-state index in [0.29, 0.717) is 13.1 Å². The van der Waals surface area contributed by atoms with Gasteiger partial charge < -0.3 is 4.90 Å². The summed E-state index contributed by atoms with van der Waals surface area (Å²) >= 11 is 0. The summed E-state index contributed by atoms with van der Waals surface area (Å²) < 4.78 is 0. The van der Waals surface area contributed by atoms with Crippen molar-refractivity contribution < 1.29 is 9.59 Å². The number of hydrogen-bond acceptors (Lipinski definition) is 3. The number of amides is 3. The second-order valence-corrected chi connectivity index (χ2v) is 5.66. The molecule has 0 aliphatic carbocycles. The Morgan fingerprint density at radius 2 is 1.82 bits per heavy atom. The largest absolute Gasteiger partial charge is 0.382 e. The molecule has 118 valence electrons. The molecule has 0 spiro atoms. The highest BCUT2D eigenvalue weighted by Crippen LogP contribution is 2.23. The number of carbonyl (C=O) groups is 2. The first-order chi connectivity index (χ1) is 10.5. The van der Waals surface area contributed by atoms with E-state index in [9.17, 15) is 9.59 Å². The maximum atomic E-state index is 12.7. The van der Waals surface area contributed by atoms with Crippen molar-refractivity contribution in [2.45, 2.75) is 26.3 Å². The number of rotatable bonds is 5. The van der Waals surface area contributed by atoms with Gasteiger partial charge in [-0.2, -0.15) is 0 Å². The van der Waals surface area contributed by atoms with E-state index in [0.717, 1.165) is 17.7 Å². The van der Waals surface area contributed by atoms with Crippen LogP contribution in [0, 0.1) is 0 Å². The van der Waals surface area contributed by atoms with Gasteiger partial charge in [-0.05, 0) is 12.0 Å². The third-order valence-corrected chi connectivity index (χ3v) is 3.48. The summed E-state index contributed by atoms with van der Waals surface area (Å²) in [6, 6.07) is 9.60. The van der Waals surface area contributed by atoms with Crippen LogP contribution >= 0.6 is 0 Å². The Hall–Kier alpha value is -2.30. The molecule has 0 atom stereocenters. The van der Waals surface area contributed by atoms with Crippen molar-refractivity contribution in [1.82, 2.24) is 14.7 Å². The van der Waals surface area contributed by atoms with E-state index in [4.69, 9.17) is 0 Å². The zero-order valence-corrected chi connectivity index (χ0v) is 13.5. The van der Waals surface area contributed by atoms with Crippen LogP contribution in [0.5, 0.6) is 0 Å². The Morgan fingerprint density at radius 1 is 1.14 bits per heavy atom. The SMILES string of the molecule is CCCN1C(=O)CC(=CN(C)C)N(Cc2ccccc2)C1=O. The molecule has 0 bridgehead atoms. The minimum absolute atomic E-state index is 0.121. The van der Waals surface area contributed by atoms with Crippen LogP contribution < -0.4 is 0 Å². The highest BCUT2D eigenvalue weighted by Gasteiger charge is 2.34. The molecule has 1 heterocycles. The smallest absolute Gasteiger partial charge is 0.331 e. The monoisotopic (exact) mass is 301 g/mol. The number of nitrogens with zero attached hydrogens (tertiary/aromatic N) is 3. The molecule has 1 aliphatic rings. The lowest BCUT2D eigenvalue weighted by Gasteiger charge is -2.36. The van der Waals surface area contributed by atoms with Crippen molar-refractivity contribution in [2.24, 2.45) is 0 Å². The van der Waals surface area contributed by atoms with Crippen molar-refractivity contribution in [1.29, 1.82) is 0 Å². The maximum absolute atomic E-state index is 12.7. The van der Waals surface area contributed by atoms with Crippen LogP contribution in [-0.4, -0.2) is 47.3 Å². The predicted octanol–water partition coefficient (Wildman–Crippen LogP) is 2.65. The van der Waals surface area contributed by atoms with Crippen molar-refractivity contribution in [3.05, 3.63) is 47.8 Å². The summed E-state index contributed by atoms with van der Waals surface area (Å²) in [5.41, 5.74) is 1.79. The van der Waals surface area contributed by atoms with E-state index >= 15 is 0 Å². The molecular weight excluding hydrogens is 278 g/mol. The average Bonchev–Trinajstić information content (AvgIpc) is 2.48. The topological polar surface area (TPSA) is 43.9 Å². The van der Waals surface area contributed by atoms with Gasteiger partial charge in [0, 0.05) is 32.5 Å². The third kappa shape index (κ3) is 3.67. The van der Waals surface area contributed by atoms with Crippen molar-refractivity contribution in [3.8, 4) is 0 Å². The number of urea groups is 1. The summed E-state index contributed by atoms with van der Waals surface area (Å²) in [4.78, 5) is 29.8. The first-order valence-electron chi connectivity index (χ1n) is 7.55. The van der Waals surface area contributed by atoms with Gasteiger partial charge in [0.25, 0.3) is 0 Å². The normalized spacial score (nSPS) is 17.3. The number of carbonyl (C=O) groups excluding carboxylic acids is 2. The Morgan fingerprint density at radius 3 is 2.41 bits per heavy atom. The molecule has 0 radical (unpaired) electrons. The lowest BCUT2D eigenvalue weighted by molar-refractivity contribution is -0.129. The second-order valence-electron chi connectivity index (χ2n) is 5.66. The molecule has 1 aliphatic heterocycles. The van der Waals surface area contributed by atoms with Crippen LogP contribution in [0.15, 0.2) is 42.2 Å². The Labute approximate surface area is 131 Å². The molecule has 0 unspecified atom stereocenters. The lowest BCUT2D eigenvalue weighted by Crippen LogP contribution is -2.51. The van der Waals surface area contributed by atoms with Gasteiger partial charge >= 0.3 is 6.03 Å². The molecule has 0 N–H and O–H groups in total. The predicted molar refractivity (Wildman–Crippen MR) is 85.8 cm³/mol. The maximum Gasteiger partial charge on any atom is 0.331 e. The molecule has 3 amide bonds. The fraction of sp³-hybridized carbons (Fsp3) is 0.412. The molecule has 0 saturated carbocycles. The molecule has 0 aromatic heterocycles. The summed E-state index contributed by atoms with van der Waals surface area (Å²) in [5.74, 6) is -0.121. The van der Waals surface area contributed by atoms with E-state index in [1.807, 2.05) is 62.5 Å². The van der Waals surface area contributed by atoms with Crippen LogP contribution in [0.25, 0.3) is 0 Å². The van der Waals surface area contributed by atoms with Gasteiger partial charge in [0.15, 0.2) is 0 Å². The molecule has 2 rings (SSSR count). The molecule has 22 heavy (non-hydrogen) atoms. The van der Waals surface area contributed by atoms with E-state index in [1.165, 1.54) is 4.90 Å². The Kier molecular flexibility index (Phi) is 5.20. The minimum atomic E-state index is -0.227. The molecule has 1 aromatic carbocycles. The first kappa shape index (κ1) is 16.1. The van der Waals surface area contributed by atoms with Gasteiger partial charge in [0.2, 0.25) is 5.91 Å². The van der Waals surface area contributed by atoms with Gasteiger partial charge in [-0.25, -0.2) is 4.79 Å². The molecule has 5 nitrogen and oxygen atoms in total. The first-order valence-corrected chi connectivity index (χ1v) is 7.55. The summed E-state index contributed by atoms with van der Waals surface area (Å²) in [6.45, 7) is 2.91. The minimum Gasteiger partial charge on any atom is -0.382 e. The number of hydrogen-bond donors (Lipinski definition) is 0. The van der Waals surface area contributed by atoms with Crippen LogP contribution in [0.2, 0.25) is 0 Å². The molecule has 1 saturated heterocycles. The number of imide groups is 1. The van der Waals surface area contributed by atoms with E-state index in [-0.39, 0.29) is 18.4 Å². The van der Waals surface area contributed by atoms with E-state index in [2.05, 4.69) is 0 Å². The van der Waals surface area contributed by atoms with Gasteiger partial charge in [0.1, 0.15) is 0 Å². The molecular formula is C17H23N3O2. The summed E-state index contributed by atoms with van der Waals surface area (Å²) in [6.07, 6.45) is 2.88. The standard InChI is InChI=1S/C17H23N3O2/c1-4-10-19-16(21)11-15(13-18(2)3)20(17(19)22)12-14-8-6-5-7-9-14/h5-9,13H,4,10-12H2,1-3H3.